The zero-order valence-corrected chi connectivity index (χ0v) is 17.0. The minimum Gasteiger partial charge on any atom is -0.497 e. The van der Waals surface area contributed by atoms with Gasteiger partial charge in [0.15, 0.2) is 11.6 Å². The summed E-state index contributed by atoms with van der Waals surface area (Å²) < 4.78 is 15.9. The molecule has 30 heavy (non-hydrogen) atoms. The summed E-state index contributed by atoms with van der Waals surface area (Å²) >= 11 is 0. The largest absolute Gasteiger partial charge is 0.497 e. The Morgan fingerprint density at radius 3 is 2.57 bits per heavy atom. The van der Waals surface area contributed by atoms with Crippen LogP contribution in [0.5, 0.6) is 11.5 Å². The van der Waals surface area contributed by atoms with Crippen molar-refractivity contribution in [2.24, 2.45) is 5.92 Å². The van der Waals surface area contributed by atoms with Crippen molar-refractivity contribution in [2.45, 2.75) is 12.8 Å². The Balaban J connectivity index is 1.43. The lowest BCUT2D eigenvalue weighted by Gasteiger charge is -2.32. The Kier molecular flexibility index (Phi) is 5.83. The van der Waals surface area contributed by atoms with Gasteiger partial charge in [-0.1, -0.05) is 0 Å². The number of carbonyl (C=O) groups excluding carboxylic acids is 1. The smallest absolute Gasteiger partial charge is 0.229 e. The molecular formula is C22H24N4O4. The third-order valence-electron chi connectivity index (χ3n) is 5.16. The molecule has 0 bridgehead atoms. The Hall–Kier alpha value is -3.55. The average Bonchev–Trinajstić information content (AvgIpc) is 3.34. The normalized spacial score (nSPS) is 16.2. The highest BCUT2D eigenvalue weighted by molar-refractivity contribution is 5.93. The maximum atomic E-state index is 12.9. The molecule has 8 heteroatoms. The van der Waals surface area contributed by atoms with Crippen LogP contribution in [0, 0.1) is 5.92 Å². The van der Waals surface area contributed by atoms with Gasteiger partial charge in [-0.3, -0.25) is 4.79 Å². The number of ether oxygens (including phenoxy) is 2. The molecule has 1 fully saturated rings. The Morgan fingerprint density at radius 1 is 1.13 bits per heavy atom. The minimum absolute atomic E-state index is 0.0322. The molecule has 0 spiro atoms. The van der Waals surface area contributed by atoms with Gasteiger partial charge in [-0.2, -0.15) is 0 Å². The van der Waals surface area contributed by atoms with Crippen LogP contribution in [0.1, 0.15) is 12.8 Å². The molecule has 1 aliphatic heterocycles. The summed E-state index contributed by atoms with van der Waals surface area (Å²) in [4.78, 5) is 15.0. The number of hydrogen-bond acceptors (Lipinski definition) is 7. The second kappa shape index (κ2) is 8.86. The fraction of sp³-hybridized carbons (Fsp3) is 0.318. The molecule has 1 saturated heterocycles. The monoisotopic (exact) mass is 408 g/mol. The van der Waals surface area contributed by atoms with Crippen molar-refractivity contribution in [1.82, 2.24) is 10.2 Å². The van der Waals surface area contributed by atoms with E-state index in [2.05, 4.69) is 20.4 Å². The summed E-state index contributed by atoms with van der Waals surface area (Å²) in [5, 5.41) is 11.6. The number of nitrogens with zero attached hydrogens (tertiary/aromatic N) is 3. The molecule has 4 rings (SSSR count). The van der Waals surface area contributed by atoms with Gasteiger partial charge >= 0.3 is 0 Å². The van der Waals surface area contributed by atoms with Crippen LogP contribution in [0.2, 0.25) is 0 Å². The number of hydrogen-bond donors (Lipinski definition) is 1. The number of amides is 1. The lowest BCUT2D eigenvalue weighted by Crippen LogP contribution is -2.41. The maximum absolute atomic E-state index is 12.9. The minimum atomic E-state index is -0.150. The molecule has 3 heterocycles. The van der Waals surface area contributed by atoms with E-state index >= 15 is 0 Å². The van der Waals surface area contributed by atoms with Crippen LogP contribution in [0.4, 0.5) is 11.5 Å². The van der Waals surface area contributed by atoms with Gasteiger partial charge in [-0.05, 0) is 37.1 Å². The van der Waals surface area contributed by atoms with E-state index in [1.807, 2.05) is 24.3 Å². The number of carbonyl (C=O) groups is 1. The number of methoxy groups -OCH3 is 2. The van der Waals surface area contributed by atoms with Crippen LogP contribution in [-0.4, -0.2) is 43.4 Å². The molecule has 1 aromatic carbocycles. The van der Waals surface area contributed by atoms with E-state index in [4.69, 9.17) is 13.9 Å². The number of anilines is 2. The van der Waals surface area contributed by atoms with Gasteiger partial charge in [-0.15, -0.1) is 10.2 Å². The zero-order valence-electron chi connectivity index (χ0n) is 17.0. The molecule has 2 aromatic heterocycles. The molecule has 1 amide bonds. The number of piperidine rings is 1. The van der Waals surface area contributed by atoms with E-state index in [0.29, 0.717) is 35.2 Å². The van der Waals surface area contributed by atoms with Gasteiger partial charge in [0.1, 0.15) is 17.2 Å². The number of benzene rings is 1. The second-order valence-electron chi connectivity index (χ2n) is 7.13. The maximum Gasteiger partial charge on any atom is 0.229 e. The van der Waals surface area contributed by atoms with Crippen LogP contribution in [0.25, 0.3) is 11.5 Å². The summed E-state index contributed by atoms with van der Waals surface area (Å²) in [6, 6.07) is 12.8. The third kappa shape index (κ3) is 4.37. The van der Waals surface area contributed by atoms with Gasteiger partial charge in [0.25, 0.3) is 0 Å². The molecule has 1 aliphatic rings. The molecule has 8 nitrogen and oxygen atoms in total. The highest BCUT2D eigenvalue weighted by atomic mass is 16.5. The lowest BCUT2D eigenvalue weighted by molar-refractivity contribution is -0.120. The second-order valence-corrected chi connectivity index (χ2v) is 7.13. The van der Waals surface area contributed by atoms with E-state index in [9.17, 15) is 4.79 Å². The van der Waals surface area contributed by atoms with E-state index in [1.165, 1.54) is 0 Å². The number of furan rings is 1. The van der Waals surface area contributed by atoms with Crippen molar-refractivity contribution in [3.63, 3.8) is 0 Å². The number of nitrogens with one attached hydrogen (secondary N) is 1. The number of rotatable bonds is 6. The van der Waals surface area contributed by atoms with Crippen LogP contribution < -0.4 is 19.7 Å². The van der Waals surface area contributed by atoms with Crippen molar-refractivity contribution in [2.75, 3.05) is 37.5 Å². The average molecular weight is 408 g/mol. The first-order valence-corrected chi connectivity index (χ1v) is 9.83. The first-order chi connectivity index (χ1) is 14.7. The molecule has 156 valence electrons. The van der Waals surface area contributed by atoms with Crippen molar-refractivity contribution < 1.29 is 18.7 Å². The van der Waals surface area contributed by atoms with Crippen LogP contribution in [0.15, 0.2) is 53.1 Å². The van der Waals surface area contributed by atoms with E-state index in [1.54, 1.807) is 38.7 Å². The molecular weight excluding hydrogens is 384 g/mol. The van der Waals surface area contributed by atoms with Gasteiger partial charge in [0.2, 0.25) is 5.91 Å². The van der Waals surface area contributed by atoms with Gasteiger partial charge in [-0.25, -0.2) is 0 Å². The molecule has 0 radical (unpaired) electrons. The SMILES string of the molecule is COc1cc(NC(=O)C2CCCN(c3ccc(-c4ccco4)nn3)C2)cc(OC)c1. The molecule has 1 N–H and O–H groups in total. The van der Waals surface area contributed by atoms with Crippen LogP contribution in [-0.2, 0) is 4.79 Å². The van der Waals surface area contributed by atoms with E-state index in [0.717, 1.165) is 25.2 Å². The fourth-order valence-corrected chi connectivity index (χ4v) is 3.57. The topological polar surface area (TPSA) is 89.7 Å². The van der Waals surface area contributed by atoms with Gasteiger partial charge in [0, 0.05) is 37.0 Å². The van der Waals surface area contributed by atoms with Crippen molar-refractivity contribution in [3.05, 3.63) is 48.7 Å². The van der Waals surface area contributed by atoms with E-state index < -0.39 is 0 Å². The summed E-state index contributed by atoms with van der Waals surface area (Å²) in [5.74, 6) is 2.51. The van der Waals surface area contributed by atoms with Crippen molar-refractivity contribution in [1.29, 1.82) is 0 Å². The first-order valence-electron chi connectivity index (χ1n) is 9.83. The van der Waals surface area contributed by atoms with Crippen LogP contribution >= 0.6 is 0 Å². The predicted octanol–water partition coefficient (Wildman–Crippen LogP) is 3.61. The third-order valence-corrected chi connectivity index (χ3v) is 5.16. The molecule has 1 atom stereocenters. The van der Waals surface area contributed by atoms with Crippen LogP contribution in [0.3, 0.4) is 0 Å². The van der Waals surface area contributed by atoms with Crippen molar-refractivity contribution in [3.8, 4) is 23.0 Å². The Bertz CT molecular complexity index is 967. The quantitative estimate of drug-likeness (QED) is 0.666. The highest BCUT2D eigenvalue weighted by Crippen LogP contribution is 2.28. The summed E-state index contributed by atoms with van der Waals surface area (Å²) in [6.45, 7) is 1.42. The fourth-order valence-electron chi connectivity index (χ4n) is 3.57. The predicted molar refractivity (Wildman–Crippen MR) is 113 cm³/mol. The molecule has 3 aromatic rings. The van der Waals surface area contributed by atoms with E-state index in [-0.39, 0.29) is 11.8 Å². The highest BCUT2D eigenvalue weighted by Gasteiger charge is 2.27. The molecule has 1 unspecified atom stereocenters. The number of aromatic nitrogens is 2. The van der Waals surface area contributed by atoms with Gasteiger partial charge < -0.3 is 24.1 Å². The van der Waals surface area contributed by atoms with Gasteiger partial charge in [0.05, 0.1) is 26.4 Å². The Morgan fingerprint density at radius 2 is 1.93 bits per heavy atom. The molecule has 0 saturated carbocycles. The zero-order chi connectivity index (χ0) is 20.9. The Labute approximate surface area is 174 Å². The lowest BCUT2D eigenvalue weighted by atomic mass is 9.97. The summed E-state index contributed by atoms with van der Waals surface area (Å²) in [6.07, 6.45) is 3.33. The molecule has 0 aliphatic carbocycles. The van der Waals surface area contributed by atoms with Crippen molar-refractivity contribution >= 4 is 17.4 Å². The summed E-state index contributed by atoms with van der Waals surface area (Å²) in [5.41, 5.74) is 1.33. The first kappa shape index (κ1) is 19.8. The standard InChI is InChI=1S/C22H24N4O4/c1-28-17-11-16(12-18(13-17)29-2)23-22(27)15-5-3-9-26(14-15)21-8-7-19(24-25-21)20-6-4-10-30-20/h4,6-8,10-13,15H,3,5,9,14H2,1-2H3,(H,23,27). The summed E-state index contributed by atoms with van der Waals surface area (Å²) in [7, 11) is 3.16.